The topological polar surface area (TPSA) is 55.9 Å². The van der Waals surface area contributed by atoms with Gasteiger partial charge in [-0.1, -0.05) is 0 Å². The molecule has 0 radical (unpaired) electrons. The molecule has 2 heterocycles. The molecule has 5 nitrogen and oxygen atoms in total. The van der Waals surface area contributed by atoms with Crippen LogP contribution in [0.3, 0.4) is 0 Å². The molecule has 0 fully saturated rings. The fourth-order valence-corrected chi connectivity index (χ4v) is 1.64. The average Bonchev–Trinajstić information content (AvgIpc) is 2.82. The van der Waals surface area contributed by atoms with Crippen molar-refractivity contribution in [2.75, 3.05) is 6.54 Å². The largest absolute Gasteiger partial charge is 0.444 e. The zero-order valence-corrected chi connectivity index (χ0v) is 10.5. The molecular formula is C12H18N4O. The van der Waals surface area contributed by atoms with Gasteiger partial charge in [0.2, 0.25) is 5.89 Å². The molecule has 0 aliphatic carbocycles. The lowest BCUT2D eigenvalue weighted by molar-refractivity contribution is 0.450. The third-order valence-corrected chi connectivity index (χ3v) is 2.70. The first-order chi connectivity index (χ1) is 8.15. The molecular weight excluding hydrogens is 216 g/mol. The van der Waals surface area contributed by atoms with Gasteiger partial charge >= 0.3 is 0 Å². The van der Waals surface area contributed by atoms with Gasteiger partial charge in [0.25, 0.3) is 0 Å². The van der Waals surface area contributed by atoms with Gasteiger partial charge in [-0.3, -0.25) is 4.68 Å². The normalized spacial score (nSPS) is 11.0. The molecule has 1 N–H and O–H groups in total. The van der Waals surface area contributed by atoms with Crippen LogP contribution < -0.4 is 5.32 Å². The highest BCUT2D eigenvalue weighted by Gasteiger charge is 2.04. The first kappa shape index (κ1) is 11.9. The van der Waals surface area contributed by atoms with Crippen LogP contribution >= 0.6 is 0 Å². The average molecular weight is 234 g/mol. The lowest BCUT2D eigenvalue weighted by Crippen LogP contribution is -2.16. The van der Waals surface area contributed by atoms with Crippen LogP contribution in [0.4, 0.5) is 0 Å². The predicted octanol–water partition coefficient (Wildman–Crippen LogP) is 1.36. The summed E-state index contributed by atoms with van der Waals surface area (Å²) < 4.78 is 7.30. The SMILES string of the molecule is Cc1nc(CNCCc2cnn(C)c2)oc1C. The lowest BCUT2D eigenvalue weighted by atomic mass is 10.2. The molecule has 0 spiro atoms. The van der Waals surface area contributed by atoms with E-state index >= 15 is 0 Å². The smallest absolute Gasteiger partial charge is 0.208 e. The summed E-state index contributed by atoms with van der Waals surface area (Å²) in [5.74, 6) is 1.65. The van der Waals surface area contributed by atoms with Crippen molar-refractivity contribution < 1.29 is 4.42 Å². The molecule has 2 aromatic heterocycles. The first-order valence-corrected chi connectivity index (χ1v) is 5.76. The van der Waals surface area contributed by atoms with E-state index in [0.717, 1.165) is 30.3 Å². The zero-order chi connectivity index (χ0) is 12.3. The summed E-state index contributed by atoms with van der Waals surface area (Å²) >= 11 is 0. The Balaban J connectivity index is 1.73. The Morgan fingerprint density at radius 1 is 1.41 bits per heavy atom. The van der Waals surface area contributed by atoms with E-state index in [4.69, 9.17) is 4.42 Å². The number of aromatic nitrogens is 3. The Morgan fingerprint density at radius 2 is 2.24 bits per heavy atom. The van der Waals surface area contributed by atoms with E-state index in [1.54, 1.807) is 0 Å². The van der Waals surface area contributed by atoms with Crippen molar-refractivity contribution in [3.63, 3.8) is 0 Å². The Labute approximate surface area is 101 Å². The third-order valence-electron chi connectivity index (χ3n) is 2.70. The molecule has 2 rings (SSSR count). The summed E-state index contributed by atoms with van der Waals surface area (Å²) in [5, 5.41) is 7.43. The highest BCUT2D eigenvalue weighted by atomic mass is 16.4. The Bertz CT molecular complexity index is 467. The Kier molecular flexibility index (Phi) is 3.58. The second-order valence-electron chi connectivity index (χ2n) is 4.20. The van der Waals surface area contributed by atoms with Gasteiger partial charge in [0.1, 0.15) is 5.76 Å². The maximum atomic E-state index is 5.48. The summed E-state index contributed by atoms with van der Waals surface area (Å²) in [4.78, 5) is 4.31. The van der Waals surface area contributed by atoms with Crippen LogP contribution in [-0.2, 0) is 20.0 Å². The van der Waals surface area contributed by atoms with Crippen LogP contribution in [0.25, 0.3) is 0 Å². The molecule has 0 saturated heterocycles. The van der Waals surface area contributed by atoms with E-state index in [9.17, 15) is 0 Å². The van der Waals surface area contributed by atoms with Gasteiger partial charge in [-0.05, 0) is 32.4 Å². The zero-order valence-electron chi connectivity index (χ0n) is 10.5. The van der Waals surface area contributed by atoms with Gasteiger partial charge in [0.05, 0.1) is 18.4 Å². The molecule has 17 heavy (non-hydrogen) atoms. The van der Waals surface area contributed by atoms with Gasteiger partial charge in [0, 0.05) is 13.2 Å². The van der Waals surface area contributed by atoms with Crippen molar-refractivity contribution in [2.24, 2.45) is 7.05 Å². The standard InChI is InChI=1S/C12H18N4O/c1-9-10(2)17-12(15-9)7-13-5-4-11-6-14-16(3)8-11/h6,8,13H,4-5,7H2,1-3H3. The number of nitrogens with zero attached hydrogens (tertiary/aromatic N) is 3. The van der Waals surface area contributed by atoms with Gasteiger partial charge in [0.15, 0.2) is 0 Å². The van der Waals surface area contributed by atoms with E-state index in [1.165, 1.54) is 5.56 Å². The van der Waals surface area contributed by atoms with E-state index in [-0.39, 0.29) is 0 Å². The minimum Gasteiger partial charge on any atom is -0.444 e. The molecule has 0 bridgehead atoms. The molecule has 0 aromatic carbocycles. The Morgan fingerprint density at radius 3 is 2.82 bits per heavy atom. The summed E-state index contributed by atoms with van der Waals surface area (Å²) in [6.07, 6.45) is 4.88. The molecule has 5 heteroatoms. The highest BCUT2D eigenvalue weighted by Crippen LogP contribution is 2.07. The molecule has 2 aromatic rings. The van der Waals surface area contributed by atoms with Crippen LogP contribution in [0.15, 0.2) is 16.8 Å². The number of oxazole rings is 1. The summed E-state index contributed by atoms with van der Waals surface area (Å²) in [6, 6.07) is 0. The van der Waals surface area contributed by atoms with Crippen LogP contribution in [0.2, 0.25) is 0 Å². The van der Waals surface area contributed by atoms with Crippen molar-refractivity contribution in [3.8, 4) is 0 Å². The summed E-state index contributed by atoms with van der Waals surface area (Å²) in [7, 11) is 1.93. The molecule has 0 amide bonds. The van der Waals surface area contributed by atoms with Crippen molar-refractivity contribution in [1.82, 2.24) is 20.1 Å². The minimum absolute atomic E-state index is 0.676. The highest BCUT2D eigenvalue weighted by molar-refractivity contribution is 5.06. The van der Waals surface area contributed by atoms with E-state index in [1.807, 2.05) is 38.0 Å². The maximum absolute atomic E-state index is 5.48. The lowest BCUT2D eigenvalue weighted by Gasteiger charge is -1.99. The van der Waals surface area contributed by atoms with Gasteiger partial charge in [-0.25, -0.2) is 4.98 Å². The van der Waals surface area contributed by atoms with Gasteiger partial charge in [-0.15, -0.1) is 0 Å². The van der Waals surface area contributed by atoms with Crippen LogP contribution in [0, 0.1) is 13.8 Å². The quantitative estimate of drug-likeness (QED) is 0.794. The van der Waals surface area contributed by atoms with E-state index < -0.39 is 0 Å². The monoisotopic (exact) mass is 234 g/mol. The third kappa shape index (κ3) is 3.17. The first-order valence-electron chi connectivity index (χ1n) is 5.76. The van der Waals surface area contributed by atoms with Gasteiger partial charge in [-0.2, -0.15) is 5.10 Å². The molecule has 0 unspecified atom stereocenters. The summed E-state index contributed by atoms with van der Waals surface area (Å²) in [6.45, 7) is 5.46. The number of nitrogens with one attached hydrogen (secondary N) is 1. The fraction of sp³-hybridized carbons (Fsp3) is 0.500. The molecule has 92 valence electrons. The molecule has 0 atom stereocenters. The van der Waals surface area contributed by atoms with Gasteiger partial charge < -0.3 is 9.73 Å². The van der Waals surface area contributed by atoms with E-state index in [0.29, 0.717) is 6.54 Å². The van der Waals surface area contributed by atoms with Crippen molar-refractivity contribution in [3.05, 3.63) is 35.3 Å². The molecule has 0 aliphatic heterocycles. The number of hydrogen-bond donors (Lipinski definition) is 1. The number of hydrogen-bond acceptors (Lipinski definition) is 4. The van der Waals surface area contributed by atoms with Crippen molar-refractivity contribution in [2.45, 2.75) is 26.8 Å². The maximum Gasteiger partial charge on any atom is 0.208 e. The van der Waals surface area contributed by atoms with Crippen LogP contribution in [0.1, 0.15) is 22.9 Å². The molecule has 0 saturated carbocycles. The second kappa shape index (κ2) is 5.14. The fourth-order valence-electron chi connectivity index (χ4n) is 1.64. The van der Waals surface area contributed by atoms with Crippen molar-refractivity contribution in [1.29, 1.82) is 0 Å². The second-order valence-corrected chi connectivity index (χ2v) is 4.20. The predicted molar refractivity (Wildman–Crippen MR) is 64.6 cm³/mol. The van der Waals surface area contributed by atoms with Crippen molar-refractivity contribution >= 4 is 0 Å². The minimum atomic E-state index is 0.676. The number of aryl methyl sites for hydroxylation is 3. The van der Waals surface area contributed by atoms with Crippen LogP contribution in [0.5, 0.6) is 0 Å². The van der Waals surface area contributed by atoms with Crippen LogP contribution in [-0.4, -0.2) is 21.3 Å². The Hall–Kier alpha value is -1.62. The van der Waals surface area contributed by atoms with E-state index in [2.05, 4.69) is 15.4 Å². The number of rotatable bonds is 5. The summed E-state index contributed by atoms with van der Waals surface area (Å²) in [5.41, 5.74) is 2.20. The molecule has 0 aliphatic rings.